The predicted octanol–water partition coefficient (Wildman–Crippen LogP) is 9.78. The van der Waals surface area contributed by atoms with Crippen LogP contribution in [0.1, 0.15) is 59.3 Å². The lowest BCUT2D eigenvalue weighted by Gasteiger charge is -2.48. The first-order chi connectivity index (χ1) is 54.3. The molecule has 0 bridgehead atoms. The number of pyridine rings is 4. The fourth-order valence-corrected chi connectivity index (χ4v) is 22.0. The number of hydrogen-bond acceptors (Lipinski definition) is 19. The smallest absolute Gasteiger partial charge is 0.243 e. The predicted molar refractivity (Wildman–Crippen MR) is 420 cm³/mol. The molecule has 18 rings (SSSR count). The zero-order valence-corrected chi connectivity index (χ0v) is 64.8. The monoisotopic (exact) mass is 1590 g/mol. The topological polar surface area (TPSA) is 422 Å². The normalized spacial score (nSPS) is 17.3. The van der Waals surface area contributed by atoms with E-state index in [1.54, 1.807) is 101 Å². The summed E-state index contributed by atoms with van der Waals surface area (Å²) >= 11 is 0. The van der Waals surface area contributed by atoms with Crippen LogP contribution in [0.5, 0.6) is 0 Å². The molecule has 1 aliphatic carbocycles. The zero-order chi connectivity index (χ0) is 79.3. The van der Waals surface area contributed by atoms with Crippen LogP contribution in [0.3, 0.4) is 0 Å². The van der Waals surface area contributed by atoms with Crippen LogP contribution in [0.2, 0.25) is 0 Å². The van der Waals surface area contributed by atoms with Crippen LogP contribution in [0.15, 0.2) is 183 Å². The Hall–Kier alpha value is -12.0. The standard InChI is InChI=1S/C22H17N7O2S.C19H22N6O2S.C18H18N6O2S.C18H19N5O2S/c1-24-19-12-26-21-18(7-10-25-21)20(19)16-11-27-29(13-16)22(8-9-23)14-28(15-22)32(30,31)17-5-3-2-4-6-17;1-14(2)11-28(26,27)24-12-19(13-24,5-6-20)25-10-15(9-23-25)16-3-7-21-18-17(16)4-8-22-18;19-6-5-18(11-23(12-18)27(25,26)14-1-2-14)24-10-13(9-22-24)15-3-7-20-17-16(15)4-8-21-17;1-2-26(24,25)23-12-18(13-23,6-7-19)22-10-5-14(11-22)15-3-8-20-17-16(15)4-9-21-17/h2-7,10-13H,8,14-15H2,(H,25,26);3-4,7-10,14H,5,11-13H2,1-2H3,(H,21,22);3-4,7-10,14H,1-2,5,11-12H2,(H,20,21);3-5,8-11H,2,6,12-13H2,1H3,(H,20,21). The van der Waals surface area contributed by atoms with E-state index in [1.165, 1.54) is 23.4 Å². The molecule has 0 atom stereocenters. The molecule has 0 unspecified atom stereocenters. The number of nitrogens with one attached hydrogen (secondary N) is 4. The first-order valence-electron chi connectivity index (χ1n) is 36.3. The highest BCUT2D eigenvalue weighted by molar-refractivity contribution is 7.90. The molecule has 113 heavy (non-hydrogen) atoms. The fourth-order valence-electron chi connectivity index (χ4n) is 15.2. The SMILES string of the molecule is CC(C)CS(=O)(=O)N1CC(CC#N)(n2cc(-c3ccnc4[nH]ccc34)cn2)C1.CCS(=O)(=O)N1CC(CC#N)(n2ccc(-c3ccnc4[nH]ccc34)c2)C1.N#CCC1(n2cc(-c3ccnc4[nH]ccc34)cn2)CN(S(=O)(=O)C2CC2)C1.[C-]#[N+]c1cnc2[nH]ccc2c1-c1cnn(C2(CC#N)CN(S(=O)(=O)c3ccccc3)C2)c1. The molecule has 1 aromatic carbocycles. The van der Waals surface area contributed by atoms with Gasteiger partial charge in [-0.05, 0) is 103 Å². The van der Waals surface area contributed by atoms with Gasteiger partial charge in [-0.1, -0.05) is 32.0 Å². The number of hydrogen-bond donors (Lipinski definition) is 4. The van der Waals surface area contributed by atoms with E-state index in [-0.39, 0.29) is 79.4 Å². The minimum atomic E-state index is -3.65. The van der Waals surface area contributed by atoms with E-state index in [9.17, 15) is 54.7 Å². The zero-order valence-electron chi connectivity index (χ0n) is 61.6. The molecule has 13 aromatic rings. The summed E-state index contributed by atoms with van der Waals surface area (Å²) in [4.78, 5) is 33.3. The van der Waals surface area contributed by atoms with E-state index in [0.717, 1.165) is 84.7 Å². The summed E-state index contributed by atoms with van der Waals surface area (Å²) in [5.74, 6) is 0.250. The molecule has 16 heterocycles. The van der Waals surface area contributed by atoms with Crippen LogP contribution < -0.4 is 0 Å². The van der Waals surface area contributed by atoms with Crippen molar-refractivity contribution < 1.29 is 33.7 Å². The van der Waals surface area contributed by atoms with E-state index in [1.807, 2.05) is 110 Å². The van der Waals surface area contributed by atoms with Gasteiger partial charge in [0.05, 0.1) is 102 Å². The van der Waals surface area contributed by atoms with Crippen LogP contribution in [0.25, 0.3) is 93.5 Å². The van der Waals surface area contributed by atoms with Gasteiger partial charge >= 0.3 is 0 Å². The van der Waals surface area contributed by atoms with Gasteiger partial charge in [0.25, 0.3) is 0 Å². The summed E-state index contributed by atoms with van der Waals surface area (Å²) in [6.45, 7) is 15.0. The van der Waals surface area contributed by atoms with Crippen LogP contribution in [0, 0.1) is 57.8 Å². The Bertz CT molecular complexity index is 6470. The molecule has 0 spiro atoms. The quantitative estimate of drug-likeness (QED) is 0.0486. The van der Waals surface area contributed by atoms with Gasteiger partial charge in [-0.2, -0.15) is 53.6 Å². The molecule has 0 radical (unpaired) electrons. The van der Waals surface area contributed by atoms with Crippen molar-refractivity contribution in [2.75, 3.05) is 63.9 Å². The molecule has 12 aromatic heterocycles. The van der Waals surface area contributed by atoms with Crippen molar-refractivity contribution in [3.05, 3.63) is 189 Å². The lowest BCUT2D eigenvalue weighted by Crippen LogP contribution is -2.64. The summed E-state index contributed by atoms with van der Waals surface area (Å²) in [6.07, 6.45) is 31.0. The Morgan fingerprint density at radius 3 is 1.36 bits per heavy atom. The number of benzene rings is 1. The van der Waals surface area contributed by atoms with Crippen molar-refractivity contribution in [3.8, 4) is 68.8 Å². The molecule has 5 fully saturated rings. The van der Waals surface area contributed by atoms with E-state index in [4.69, 9.17) is 6.57 Å². The Kier molecular flexibility index (Phi) is 20.2. The maximum absolute atomic E-state index is 12.9. The first kappa shape index (κ1) is 76.4. The van der Waals surface area contributed by atoms with Gasteiger partial charge in [-0.25, -0.2) is 53.5 Å². The molecule has 4 saturated heterocycles. The van der Waals surface area contributed by atoms with Gasteiger partial charge < -0.3 is 24.5 Å². The molecular weight excluding hydrogens is 1520 g/mol. The number of fused-ring (bicyclic) bond motifs is 4. The lowest BCUT2D eigenvalue weighted by atomic mass is 9.89. The van der Waals surface area contributed by atoms with Gasteiger partial charge in [-0.15, -0.1) is 0 Å². The molecule has 32 nitrogen and oxygen atoms in total. The highest BCUT2D eigenvalue weighted by Crippen LogP contribution is 2.45. The Morgan fingerprint density at radius 1 is 0.487 bits per heavy atom. The Balaban J connectivity index is 0.000000119. The molecule has 576 valence electrons. The average Bonchev–Trinajstić information content (AvgIpc) is 1.11. The lowest BCUT2D eigenvalue weighted by molar-refractivity contribution is 0.0715. The van der Waals surface area contributed by atoms with Crippen molar-refractivity contribution in [1.82, 2.24) is 91.0 Å². The van der Waals surface area contributed by atoms with Gasteiger partial charge in [0.15, 0.2) is 0 Å². The minimum Gasteiger partial charge on any atom is -0.346 e. The second-order valence-corrected chi connectivity index (χ2v) is 37.9. The number of aromatic nitrogens is 15. The molecule has 0 amide bonds. The molecule has 5 aliphatic rings. The summed E-state index contributed by atoms with van der Waals surface area (Å²) < 4.78 is 113. The third kappa shape index (κ3) is 14.2. The van der Waals surface area contributed by atoms with Crippen molar-refractivity contribution >= 4 is 89.9 Å². The van der Waals surface area contributed by atoms with Crippen molar-refractivity contribution in [1.29, 1.82) is 21.0 Å². The Morgan fingerprint density at radius 2 is 0.903 bits per heavy atom. The fraction of sp³-hybridized carbons (Fsp3) is 0.325. The maximum atomic E-state index is 12.9. The largest absolute Gasteiger partial charge is 0.346 e. The van der Waals surface area contributed by atoms with E-state index in [2.05, 4.69) is 84.3 Å². The third-order valence-corrected chi connectivity index (χ3v) is 29.5. The second-order valence-electron chi connectivity index (χ2n) is 29.4. The molecular formula is C77H76N24O8S4. The number of rotatable bonds is 21. The Labute approximate surface area is 651 Å². The van der Waals surface area contributed by atoms with E-state index >= 15 is 0 Å². The summed E-state index contributed by atoms with van der Waals surface area (Å²) in [6, 6.07) is 32.6. The van der Waals surface area contributed by atoms with Crippen molar-refractivity contribution in [3.63, 3.8) is 0 Å². The average molecular weight is 1590 g/mol. The maximum Gasteiger partial charge on any atom is 0.243 e. The van der Waals surface area contributed by atoms with Crippen molar-refractivity contribution in [2.45, 2.75) is 91.6 Å². The number of sulfonamides is 4. The van der Waals surface area contributed by atoms with Gasteiger partial charge in [-0.3, -0.25) is 19.0 Å². The third-order valence-electron chi connectivity index (χ3n) is 21.5. The van der Waals surface area contributed by atoms with Crippen LogP contribution in [0.4, 0.5) is 5.69 Å². The summed E-state index contributed by atoms with van der Waals surface area (Å²) in [5.41, 5.74) is 8.31. The summed E-state index contributed by atoms with van der Waals surface area (Å²) in [5, 5.41) is 54.4. The van der Waals surface area contributed by atoms with Crippen LogP contribution in [-0.4, -0.2) is 194 Å². The molecule has 36 heteroatoms. The summed E-state index contributed by atoms with van der Waals surface area (Å²) in [7, 11) is -13.4. The minimum absolute atomic E-state index is 0.0581. The van der Waals surface area contributed by atoms with Crippen LogP contribution >= 0.6 is 0 Å². The number of aromatic amines is 4. The number of H-pyrrole nitrogens is 4. The first-order valence-corrected chi connectivity index (χ1v) is 42.4. The highest BCUT2D eigenvalue weighted by Gasteiger charge is 2.55. The number of nitriles is 4. The van der Waals surface area contributed by atoms with Crippen LogP contribution in [-0.2, 0) is 62.2 Å². The van der Waals surface area contributed by atoms with Gasteiger partial charge in [0, 0.05) is 182 Å². The van der Waals surface area contributed by atoms with Gasteiger partial charge in [0.1, 0.15) is 39.2 Å². The van der Waals surface area contributed by atoms with E-state index in [0.29, 0.717) is 48.6 Å². The van der Waals surface area contributed by atoms with Gasteiger partial charge in [0.2, 0.25) is 45.8 Å². The molecule has 4 aliphatic heterocycles. The highest BCUT2D eigenvalue weighted by atomic mass is 32.2. The second kappa shape index (κ2) is 29.9. The van der Waals surface area contributed by atoms with E-state index < -0.39 is 62.2 Å². The van der Waals surface area contributed by atoms with Crippen molar-refractivity contribution in [2.24, 2.45) is 5.92 Å². The number of nitrogens with zero attached hydrogens (tertiary/aromatic N) is 20. The molecule has 4 N–H and O–H groups in total. The molecule has 1 saturated carbocycles.